The van der Waals surface area contributed by atoms with Gasteiger partial charge in [0.25, 0.3) is 0 Å². The van der Waals surface area contributed by atoms with Crippen molar-refractivity contribution >= 4 is 11.9 Å². The number of ether oxygens (including phenoxy) is 4. The molecule has 0 saturated carbocycles. The zero-order valence-corrected chi connectivity index (χ0v) is 20.0. The Labute approximate surface area is 193 Å². The Balaban J connectivity index is 3.17. The van der Waals surface area contributed by atoms with Gasteiger partial charge in [-0.3, -0.25) is 4.79 Å². The van der Waals surface area contributed by atoms with Crippen LogP contribution in [0, 0.1) is 5.92 Å². The normalized spacial score (nSPS) is 29.5. The molecule has 1 aliphatic heterocycles. The molecule has 0 aromatic rings. The highest BCUT2D eigenvalue weighted by molar-refractivity contribution is 5.74. The van der Waals surface area contributed by atoms with Gasteiger partial charge in [0.2, 0.25) is 5.91 Å². The Morgan fingerprint density at radius 2 is 1.73 bits per heavy atom. The second-order valence-electron chi connectivity index (χ2n) is 8.79. The van der Waals surface area contributed by atoms with Crippen LogP contribution in [-0.4, -0.2) is 119 Å². The summed E-state index contributed by atoms with van der Waals surface area (Å²) in [5.41, 5.74) is 0. The molecule has 0 aromatic carbocycles. The van der Waals surface area contributed by atoms with Gasteiger partial charge >= 0.3 is 5.97 Å². The lowest BCUT2D eigenvalue weighted by Crippen LogP contribution is -2.63. The van der Waals surface area contributed by atoms with Gasteiger partial charge in [0.15, 0.2) is 6.10 Å². The van der Waals surface area contributed by atoms with Crippen LogP contribution in [0.1, 0.15) is 34.6 Å². The van der Waals surface area contributed by atoms with E-state index >= 15 is 0 Å². The summed E-state index contributed by atoms with van der Waals surface area (Å²) in [4.78, 5) is 23.6. The topological polar surface area (TPSA) is 184 Å². The molecule has 1 heterocycles. The molecule has 1 aliphatic rings. The number of aliphatic hydroxyl groups excluding tert-OH is 4. The highest BCUT2D eigenvalue weighted by atomic mass is 16.6. The van der Waals surface area contributed by atoms with Gasteiger partial charge in [-0.05, 0) is 19.8 Å². The maximum absolute atomic E-state index is 11.8. The van der Waals surface area contributed by atoms with E-state index in [1.165, 1.54) is 14.0 Å². The Morgan fingerprint density at radius 3 is 2.15 bits per heavy atom. The molecule has 0 aromatic heterocycles. The molecule has 194 valence electrons. The number of carboxylic acid groups (broad SMARTS) is 1. The van der Waals surface area contributed by atoms with E-state index in [0.29, 0.717) is 0 Å². The lowest BCUT2D eigenvalue weighted by molar-refractivity contribution is -0.249. The Bertz CT molecular complexity index is 613. The fourth-order valence-electron chi connectivity index (χ4n) is 3.79. The molecule has 12 nitrogen and oxygen atoms in total. The van der Waals surface area contributed by atoms with E-state index in [4.69, 9.17) is 18.9 Å². The molecule has 1 saturated heterocycles. The Morgan fingerprint density at radius 1 is 1.12 bits per heavy atom. The molecule has 9 atom stereocenters. The number of rotatable bonds is 13. The van der Waals surface area contributed by atoms with Crippen molar-refractivity contribution in [3.05, 3.63) is 0 Å². The number of aliphatic hydroxyl groups is 4. The van der Waals surface area contributed by atoms with Crippen LogP contribution in [0.25, 0.3) is 0 Å². The fourth-order valence-corrected chi connectivity index (χ4v) is 3.79. The van der Waals surface area contributed by atoms with Crippen molar-refractivity contribution in [2.24, 2.45) is 5.92 Å². The minimum atomic E-state index is -1.58. The summed E-state index contributed by atoms with van der Waals surface area (Å²) in [7, 11) is 1.29. The number of carboxylic acids is 1. The summed E-state index contributed by atoms with van der Waals surface area (Å²) in [5.74, 6) is -2.14. The van der Waals surface area contributed by atoms with Crippen molar-refractivity contribution in [3.63, 3.8) is 0 Å². The van der Waals surface area contributed by atoms with Gasteiger partial charge in [-0.15, -0.1) is 0 Å². The zero-order chi connectivity index (χ0) is 25.5. The largest absolute Gasteiger partial charge is 0.479 e. The summed E-state index contributed by atoms with van der Waals surface area (Å²) in [5, 5.41) is 53.4. The van der Waals surface area contributed by atoms with Gasteiger partial charge in [0.05, 0.1) is 31.5 Å². The van der Waals surface area contributed by atoms with Crippen molar-refractivity contribution in [2.75, 3.05) is 20.3 Å². The number of carbonyl (C=O) groups excluding carboxylic acids is 1. The molecular weight excluding hydrogens is 442 g/mol. The number of aliphatic carboxylic acids is 1. The maximum atomic E-state index is 11.8. The third kappa shape index (κ3) is 8.11. The molecule has 0 bridgehead atoms. The fraction of sp³-hybridized carbons (Fsp3) is 0.905. The molecular formula is C21H39NO11. The van der Waals surface area contributed by atoms with E-state index in [1.807, 2.05) is 0 Å². The minimum Gasteiger partial charge on any atom is -0.479 e. The molecule has 0 radical (unpaired) electrons. The monoisotopic (exact) mass is 481 g/mol. The average Bonchev–Trinajstić information content (AvgIpc) is 2.71. The zero-order valence-electron chi connectivity index (χ0n) is 20.0. The van der Waals surface area contributed by atoms with Crippen molar-refractivity contribution in [1.29, 1.82) is 0 Å². The summed E-state index contributed by atoms with van der Waals surface area (Å²) >= 11 is 0. The number of nitrogens with one attached hydrogen (secondary N) is 1. The molecule has 1 amide bonds. The van der Waals surface area contributed by atoms with Crippen molar-refractivity contribution in [1.82, 2.24) is 5.32 Å². The first-order valence-corrected chi connectivity index (χ1v) is 11.0. The van der Waals surface area contributed by atoms with E-state index in [0.717, 1.165) is 0 Å². The van der Waals surface area contributed by atoms with Crippen LogP contribution in [0.2, 0.25) is 0 Å². The predicted molar refractivity (Wildman–Crippen MR) is 114 cm³/mol. The van der Waals surface area contributed by atoms with Crippen LogP contribution >= 0.6 is 0 Å². The smallest absolute Gasteiger partial charge is 0.335 e. The first kappa shape index (κ1) is 29.7. The second-order valence-corrected chi connectivity index (χ2v) is 8.79. The quantitative estimate of drug-likeness (QED) is 0.176. The molecule has 33 heavy (non-hydrogen) atoms. The lowest BCUT2D eigenvalue weighted by atomic mass is 9.89. The van der Waals surface area contributed by atoms with E-state index in [1.54, 1.807) is 27.7 Å². The van der Waals surface area contributed by atoms with Crippen LogP contribution in [-0.2, 0) is 28.5 Å². The second kappa shape index (κ2) is 13.5. The van der Waals surface area contributed by atoms with E-state index in [2.05, 4.69) is 5.32 Å². The number of hydrogen-bond donors (Lipinski definition) is 6. The van der Waals surface area contributed by atoms with Crippen LogP contribution < -0.4 is 5.32 Å². The van der Waals surface area contributed by atoms with Gasteiger partial charge in [0.1, 0.15) is 36.6 Å². The third-order valence-electron chi connectivity index (χ3n) is 5.41. The van der Waals surface area contributed by atoms with E-state index in [-0.39, 0.29) is 5.92 Å². The average molecular weight is 482 g/mol. The minimum absolute atomic E-state index is 0.270. The van der Waals surface area contributed by atoms with E-state index in [9.17, 15) is 35.1 Å². The van der Waals surface area contributed by atoms with E-state index < -0.39 is 86.1 Å². The molecule has 0 aliphatic carbocycles. The SMILES string of the molecule is COC(CO)C(O)C(OC(C)C)C(COC1C(C(=O)O)OC(C(C)C)C(O)C1O)NC(C)=O. The van der Waals surface area contributed by atoms with Gasteiger partial charge < -0.3 is 49.8 Å². The van der Waals surface area contributed by atoms with Crippen LogP contribution in [0.3, 0.4) is 0 Å². The molecule has 12 heteroatoms. The highest BCUT2D eigenvalue weighted by Crippen LogP contribution is 2.28. The summed E-state index contributed by atoms with van der Waals surface area (Å²) in [6.07, 6.45) is -10.9. The molecule has 9 unspecified atom stereocenters. The number of hydrogen-bond acceptors (Lipinski definition) is 10. The summed E-state index contributed by atoms with van der Waals surface area (Å²) < 4.78 is 22.0. The van der Waals surface area contributed by atoms with Gasteiger partial charge in [0, 0.05) is 14.0 Å². The Hall–Kier alpha value is -1.38. The molecule has 6 N–H and O–H groups in total. The number of amides is 1. The molecule has 1 rings (SSSR count). The highest BCUT2D eigenvalue weighted by Gasteiger charge is 2.49. The van der Waals surface area contributed by atoms with Crippen molar-refractivity contribution < 1.29 is 54.1 Å². The number of methoxy groups -OCH3 is 1. The van der Waals surface area contributed by atoms with Gasteiger partial charge in [-0.2, -0.15) is 0 Å². The van der Waals surface area contributed by atoms with Crippen molar-refractivity contribution in [2.45, 2.75) is 95.6 Å². The predicted octanol–water partition coefficient (Wildman–Crippen LogP) is -1.73. The van der Waals surface area contributed by atoms with Crippen LogP contribution in [0.15, 0.2) is 0 Å². The first-order chi connectivity index (χ1) is 15.3. The number of carbonyl (C=O) groups is 2. The maximum Gasteiger partial charge on any atom is 0.335 e. The summed E-state index contributed by atoms with van der Waals surface area (Å²) in [6.45, 7) is 7.15. The summed E-state index contributed by atoms with van der Waals surface area (Å²) in [6, 6.07) is -1.02. The Kier molecular flexibility index (Phi) is 12.1. The van der Waals surface area contributed by atoms with Gasteiger partial charge in [-0.1, -0.05) is 13.8 Å². The first-order valence-electron chi connectivity index (χ1n) is 11.0. The standard InChI is InChI=1S/C21H39NO11/c1-9(2)17-15(26)16(27)19(20(33-17)21(28)29)31-8-12(22-11(5)24)18(32-10(3)4)14(25)13(7-23)30-6/h9-10,12-20,23,25-27H,7-8H2,1-6H3,(H,22,24)(H,28,29). The molecule has 0 spiro atoms. The van der Waals surface area contributed by atoms with Crippen LogP contribution in [0.5, 0.6) is 0 Å². The molecule has 1 fully saturated rings. The van der Waals surface area contributed by atoms with Crippen molar-refractivity contribution in [3.8, 4) is 0 Å². The van der Waals surface area contributed by atoms with Crippen LogP contribution in [0.4, 0.5) is 0 Å². The lowest BCUT2D eigenvalue weighted by Gasteiger charge is -2.43. The third-order valence-corrected chi connectivity index (χ3v) is 5.41. The van der Waals surface area contributed by atoms with Gasteiger partial charge in [-0.25, -0.2) is 4.79 Å².